The van der Waals surface area contributed by atoms with Gasteiger partial charge in [0.25, 0.3) is 5.91 Å². The molecule has 1 fully saturated rings. The maximum absolute atomic E-state index is 12.9. The molecule has 7 heteroatoms. The van der Waals surface area contributed by atoms with Gasteiger partial charge in [-0.2, -0.15) is 10.1 Å². The fraction of sp³-hybridized carbons (Fsp3) is 0.444. The van der Waals surface area contributed by atoms with Crippen molar-refractivity contribution in [3.05, 3.63) is 41.4 Å². The highest BCUT2D eigenvalue weighted by molar-refractivity contribution is 6.09. The minimum absolute atomic E-state index is 0.0514. The molecule has 2 amide bonds. The number of amides is 2. The Kier molecular flexibility index (Phi) is 3.59. The van der Waals surface area contributed by atoms with E-state index in [0.717, 1.165) is 17.0 Å². The molecule has 4 rings (SSSR count). The molecular weight excluding hydrogens is 318 g/mol. The topological polar surface area (TPSA) is 90.5 Å². The van der Waals surface area contributed by atoms with Crippen LogP contribution in [0, 0.1) is 0 Å². The number of hydrogen-bond donors (Lipinski definition) is 2. The first-order chi connectivity index (χ1) is 12.0. The van der Waals surface area contributed by atoms with Gasteiger partial charge in [-0.1, -0.05) is 0 Å². The fourth-order valence-corrected chi connectivity index (χ4v) is 3.25. The SMILES string of the molecule is CC1=CC2=NC(=O)CC(C)(C(=O)NCc3cc(C4CC4)n[nH]3)N2C=C1. The van der Waals surface area contributed by atoms with Crippen molar-refractivity contribution in [1.82, 2.24) is 20.4 Å². The normalized spacial score (nSPS) is 25.4. The largest absolute Gasteiger partial charge is 0.348 e. The second-order valence-corrected chi connectivity index (χ2v) is 7.16. The Morgan fingerprint density at radius 2 is 2.28 bits per heavy atom. The van der Waals surface area contributed by atoms with Crippen molar-refractivity contribution in [2.75, 3.05) is 0 Å². The molecule has 1 aliphatic carbocycles. The van der Waals surface area contributed by atoms with Crippen molar-refractivity contribution in [1.29, 1.82) is 0 Å². The summed E-state index contributed by atoms with van der Waals surface area (Å²) in [4.78, 5) is 30.8. The molecule has 1 aromatic heterocycles. The lowest BCUT2D eigenvalue weighted by molar-refractivity contribution is -0.134. The zero-order valence-corrected chi connectivity index (χ0v) is 14.4. The van der Waals surface area contributed by atoms with Gasteiger partial charge in [-0.05, 0) is 50.5 Å². The van der Waals surface area contributed by atoms with Gasteiger partial charge in [0, 0.05) is 12.1 Å². The van der Waals surface area contributed by atoms with E-state index >= 15 is 0 Å². The zero-order chi connectivity index (χ0) is 17.6. The number of amidine groups is 1. The first kappa shape index (κ1) is 15.8. The third-order valence-corrected chi connectivity index (χ3v) is 4.93. The fourth-order valence-electron chi connectivity index (χ4n) is 3.25. The number of fused-ring (bicyclic) bond motifs is 1. The van der Waals surface area contributed by atoms with Crippen LogP contribution in [0.25, 0.3) is 0 Å². The first-order valence-electron chi connectivity index (χ1n) is 8.55. The third-order valence-electron chi connectivity index (χ3n) is 4.93. The number of carbonyl (C=O) groups is 2. The molecule has 3 heterocycles. The lowest BCUT2D eigenvalue weighted by Gasteiger charge is -2.42. The number of rotatable bonds is 4. The highest BCUT2D eigenvalue weighted by Crippen LogP contribution is 2.39. The molecule has 0 aromatic carbocycles. The molecule has 2 aliphatic heterocycles. The maximum Gasteiger partial charge on any atom is 0.250 e. The lowest BCUT2D eigenvalue weighted by atomic mass is 9.90. The van der Waals surface area contributed by atoms with Crippen LogP contribution in [-0.4, -0.2) is 38.3 Å². The van der Waals surface area contributed by atoms with E-state index in [2.05, 4.69) is 20.5 Å². The smallest absolute Gasteiger partial charge is 0.250 e. The van der Waals surface area contributed by atoms with E-state index in [0.29, 0.717) is 18.3 Å². The summed E-state index contributed by atoms with van der Waals surface area (Å²) in [6.07, 6.45) is 7.98. The molecule has 7 nitrogen and oxygen atoms in total. The first-order valence-corrected chi connectivity index (χ1v) is 8.55. The Morgan fingerprint density at radius 1 is 1.48 bits per heavy atom. The van der Waals surface area contributed by atoms with Crippen LogP contribution in [0.5, 0.6) is 0 Å². The molecule has 130 valence electrons. The number of nitrogens with zero attached hydrogens (tertiary/aromatic N) is 3. The van der Waals surface area contributed by atoms with Crippen LogP contribution in [0.15, 0.2) is 35.0 Å². The molecule has 0 saturated heterocycles. The Hall–Kier alpha value is -2.70. The molecule has 1 saturated carbocycles. The summed E-state index contributed by atoms with van der Waals surface area (Å²) < 4.78 is 0. The number of carbonyl (C=O) groups excluding carboxylic acids is 2. The summed E-state index contributed by atoms with van der Waals surface area (Å²) >= 11 is 0. The van der Waals surface area contributed by atoms with Gasteiger partial charge >= 0.3 is 0 Å². The number of hydrogen-bond acceptors (Lipinski definition) is 4. The van der Waals surface area contributed by atoms with E-state index in [4.69, 9.17) is 0 Å². The van der Waals surface area contributed by atoms with Gasteiger partial charge in [0.1, 0.15) is 11.4 Å². The van der Waals surface area contributed by atoms with Crippen molar-refractivity contribution in [2.24, 2.45) is 4.99 Å². The predicted molar refractivity (Wildman–Crippen MR) is 92.6 cm³/mol. The summed E-state index contributed by atoms with van der Waals surface area (Å²) in [5.74, 6) is 0.613. The van der Waals surface area contributed by atoms with E-state index in [1.807, 2.05) is 31.3 Å². The third kappa shape index (κ3) is 2.90. The maximum atomic E-state index is 12.9. The Bertz CT molecular complexity index is 830. The summed E-state index contributed by atoms with van der Waals surface area (Å²) in [6.45, 7) is 4.07. The molecule has 1 atom stereocenters. The van der Waals surface area contributed by atoms with Crippen LogP contribution in [0.2, 0.25) is 0 Å². The molecule has 1 unspecified atom stereocenters. The quantitative estimate of drug-likeness (QED) is 0.875. The highest BCUT2D eigenvalue weighted by atomic mass is 16.2. The van der Waals surface area contributed by atoms with Gasteiger partial charge in [-0.25, -0.2) is 0 Å². The molecule has 2 N–H and O–H groups in total. The minimum atomic E-state index is -0.985. The molecule has 25 heavy (non-hydrogen) atoms. The number of aromatic nitrogens is 2. The van der Waals surface area contributed by atoms with Gasteiger partial charge in [0.2, 0.25) is 5.91 Å². The average molecular weight is 339 g/mol. The van der Waals surface area contributed by atoms with Gasteiger partial charge in [-0.3, -0.25) is 14.7 Å². The minimum Gasteiger partial charge on any atom is -0.348 e. The second-order valence-electron chi connectivity index (χ2n) is 7.16. The Balaban J connectivity index is 1.49. The van der Waals surface area contributed by atoms with Crippen LogP contribution in [0.3, 0.4) is 0 Å². The van der Waals surface area contributed by atoms with Crippen LogP contribution >= 0.6 is 0 Å². The van der Waals surface area contributed by atoms with E-state index in [-0.39, 0.29) is 18.2 Å². The summed E-state index contributed by atoms with van der Waals surface area (Å²) in [7, 11) is 0. The van der Waals surface area contributed by atoms with Crippen molar-refractivity contribution < 1.29 is 9.59 Å². The van der Waals surface area contributed by atoms with E-state index in [1.165, 1.54) is 12.8 Å². The Labute approximate surface area is 145 Å². The molecule has 0 spiro atoms. The summed E-state index contributed by atoms with van der Waals surface area (Å²) in [5.41, 5.74) is 1.95. The summed E-state index contributed by atoms with van der Waals surface area (Å²) in [5, 5.41) is 10.2. The van der Waals surface area contributed by atoms with Gasteiger partial charge in [0.05, 0.1) is 24.4 Å². The van der Waals surface area contributed by atoms with E-state index in [9.17, 15) is 9.59 Å². The van der Waals surface area contributed by atoms with Gasteiger partial charge in [0.15, 0.2) is 0 Å². The van der Waals surface area contributed by atoms with Gasteiger partial charge in [-0.15, -0.1) is 0 Å². The van der Waals surface area contributed by atoms with Crippen LogP contribution in [0.1, 0.15) is 50.4 Å². The molecule has 3 aliphatic rings. The van der Waals surface area contributed by atoms with E-state index in [1.54, 1.807) is 11.8 Å². The zero-order valence-electron chi connectivity index (χ0n) is 14.4. The summed E-state index contributed by atoms with van der Waals surface area (Å²) in [6, 6.07) is 2.01. The molecule has 1 aromatic rings. The lowest BCUT2D eigenvalue weighted by Crippen LogP contribution is -2.59. The number of nitrogens with one attached hydrogen (secondary N) is 2. The van der Waals surface area contributed by atoms with Crippen LogP contribution < -0.4 is 5.32 Å². The second kappa shape index (κ2) is 5.68. The Morgan fingerprint density at radius 3 is 3.04 bits per heavy atom. The number of aromatic amines is 1. The monoisotopic (exact) mass is 339 g/mol. The predicted octanol–water partition coefficient (Wildman–Crippen LogP) is 1.77. The standard InChI is InChI=1S/C18H21N5O2/c1-11-5-6-23-15(7-11)20-16(24)9-18(23,2)17(25)19-10-13-8-14(22-21-13)12-3-4-12/h5-8,12H,3-4,9-10H2,1-2H3,(H,19,25)(H,21,22). The van der Waals surface area contributed by atoms with Crippen molar-refractivity contribution in [2.45, 2.75) is 51.1 Å². The van der Waals surface area contributed by atoms with Crippen LogP contribution in [-0.2, 0) is 16.1 Å². The van der Waals surface area contributed by atoms with Crippen molar-refractivity contribution in [3.8, 4) is 0 Å². The van der Waals surface area contributed by atoms with Crippen LogP contribution in [0.4, 0.5) is 0 Å². The number of allylic oxidation sites excluding steroid dienone is 2. The average Bonchev–Trinajstić information content (AvgIpc) is 3.30. The molecular formula is C18H21N5O2. The molecule has 0 radical (unpaired) electrons. The van der Waals surface area contributed by atoms with Gasteiger partial charge < -0.3 is 10.2 Å². The van der Waals surface area contributed by atoms with E-state index < -0.39 is 5.54 Å². The number of aliphatic imine (C=N–C) groups is 1. The number of H-pyrrole nitrogens is 1. The van der Waals surface area contributed by atoms with Crippen molar-refractivity contribution in [3.63, 3.8) is 0 Å². The van der Waals surface area contributed by atoms with Crippen molar-refractivity contribution >= 4 is 17.6 Å². The highest BCUT2D eigenvalue weighted by Gasteiger charge is 2.45. The molecule has 0 bridgehead atoms.